The number of hydrogen-bond donors (Lipinski definition) is 2. The third-order valence-electron chi connectivity index (χ3n) is 5.64. The van der Waals surface area contributed by atoms with Crippen LogP contribution in [0.2, 0.25) is 0 Å². The SMILES string of the molecule is CCc1ccc(NC(=O)[C@@H](C)OC(=O)c2ccc3c(c2)NC(=O)[C@H]2CCCN32)cc1. The van der Waals surface area contributed by atoms with Gasteiger partial charge in [-0.15, -0.1) is 0 Å². The third kappa shape index (κ3) is 3.87. The minimum atomic E-state index is -0.961. The van der Waals surface area contributed by atoms with Gasteiger partial charge < -0.3 is 20.3 Å². The fourth-order valence-electron chi connectivity index (χ4n) is 3.91. The monoisotopic (exact) mass is 407 g/mol. The van der Waals surface area contributed by atoms with Gasteiger partial charge in [0.2, 0.25) is 5.91 Å². The lowest BCUT2D eigenvalue weighted by molar-refractivity contribution is -0.123. The third-order valence-corrected chi connectivity index (χ3v) is 5.64. The van der Waals surface area contributed by atoms with Crippen molar-refractivity contribution in [3.05, 3.63) is 53.6 Å². The first-order chi connectivity index (χ1) is 14.5. The fourth-order valence-corrected chi connectivity index (χ4v) is 3.91. The number of esters is 1. The van der Waals surface area contributed by atoms with Gasteiger partial charge in [0.25, 0.3) is 5.91 Å². The van der Waals surface area contributed by atoms with Gasteiger partial charge in [-0.25, -0.2) is 4.79 Å². The van der Waals surface area contributed by atoms with E-state index in [1.807, 2.05) is 30.3 Å². The van der Waals surface area contributed by atoms with Crippen LogP contribution in [0.5, 0.6) is 0 Å². The Morgan fingerprint density at radius 3 is 2.73 bits per heavy atom. The molecule has 7 heteroatoms. The van der Waals surface area contributed by atoms with Crippen molar-refractivity contribution < 1.29 is 19.1 Å². The number of nitrogens with zero attached hydrogens (tertiary/aromatic N) is 1. The Morgan fingerprint density at radius 1 is 1.23 bits per heavy atom. The van der Waals surface area contributed by atoms with Crippen LogP contribution in [0.15, 0.2) is 42.5 Å². The summed E-state index contributed by atoms with van der Waals surface area (Å²) in [6, 6.07) is 12.5. The minimum Gasteiger partial charge on any atom is -0.449 e. The maximum absolute atomic E-state index is 12.6. The Hall–Kier alpha value is -3.35. The first-order valence-electron chi connectivity index (χ1n) is 10.3. The zero-order chi connectivity index (χ0) is 21.3. The standard InChI is InChI=1S/C23H25N3O4/c1-3-15-6-9-17(10-7-15)24-21(27)14(2)30-23(29)16-8-11-19-18(13-16)25-22(28)20-5-4-12-26(19)20/h6-11,13-14,20H,3-5,12H2,1-2H3,(H,24,27)(H,25,28)/t14-,20-/m1/s1. The molecule has 0 bridgehead atoms. The lowest BCUT2D eigenvalue weighted by Crippen LogP contribution is -2.43. The highest BCUT2D eigenvalue weighted by atomic mass is 16.5. The van der Waals surface area contributed by atoms with Gasteiger partial charge in [0.15, 0.2) is 6.10 Å². The lowest BCUT2D eigenvalue weighted by atomic mass is 10.1. The summed E-state index contributed by atoms with van der Waals surface area (Å²) in [6.45, 7) is 4.42. The lowest BCUT2D eigenvalue weighted by Gasteiger charge is -2.33. The van der Waals surface area contributed by atoms with Crippen molar-refractivity contribution in [3.8, 4) is 0 Å². The summed E-state index contributed by atoms with van der Waals surface area (Å²) in [4.78, 5) is 39.3. The molecule has 7 nitrogen and oxygen atoms in total. The largest absolute Gasteiger partial charge is 0.449 e. The number of ether oxygens (including phenoxy) is 1. The first-order valence-corrected chi connectivity index (χ1v) is 10.3. The van der Waals surface area contributed by atoms with E-state index in [9.17, 15) is 14.4 Å². The van der Waals surface area contributed by atoms with Crippen molar-refractivity contribution in [3.63, 3.8) is 0 Å². The van der Waals surface area contributed by atoms with Gasteiger partial charge in [0, 0.05) is 12.2 Å². The van der Waals surface area contributed by atoms with Crippen LogP contribution in [0.25, 0.3) is 0 Å². The van der Waals surface area contributed by atoms with Crippen LogP contribution in [0.1, 0.15) is 42.6 Å². The van der Waals surface area contributed by atoms with Crippen molar-refractivity contribution in [2.45, 2.75) is 45.3 Å². The number of carbonyl (C=O) groups is 3. The molecule has 2 aliphatic heterocycles. The molecule has 0 radical (unpaired) electrons. The van der Waals surface area contributed by atoms with E-state index in [-0.39, 0.29) is 11.9 Å². The van der Waals surface area contributed by atoms with Gasteiger partial charge in [-0.1, -0.05) is 19.1 Å². The molecule has 2 aliphatic rings. The zero-order valence-electron chi connectivity index (χ0n) is 17.1. The van der Waals surface area contributed by atoms with E-state index in [1.54, 1.807) is 12.1 Å². The van der Waals surface area contributed by atoms with E-state index < -0.39 is 18.0 Å². The Bertz CT molecular complexity index is 986. The van der Waals surface area contributed by atoms with Gasteiger partial charge in [-0.3, -0.25) is 9.59 Å². The molecular weight excluding hydrogens is 382 g/mol. The minimum absolute atomic E-state index is 0.0487. The van der Waals surface area contributed by atoms with E-state index in [1.165, 1.54) is 12.5 Å². The molecule has 156 valence electrons. The van der Waals surface area contributed by atoms with Gasteiger partial charge in [0.05, 0.1) is 16.9 Å². The number of benzene rings is 2. The Morgan fingerprint density at radius 2 is 2.00 bits per heavy atom. The summed E-state index contributed by atoms with van der Waals surface area (Å²) in [5.74, 6) is -1.06. The molecular formula is C23H25N3O4. The van der Waals surface area contributed by atoms with E-state index >= 15 is 0 Å². The highest BCUT2D eigenvalue weighted by Crippen LogP contribution is 2.37. The summed E-state index contributed by atoms with van der Waals surface area (Å²) >= 11 is 0. The number of aryl methyl sites for hydroxylation is 1. The van der Waals surface area contributed by atoms with Crippen molar-refractivity contribution in [1.82, 2.24) is 0 Å². The molecule has 0 aromatic heterocycles. The van der Waals surface area contributed by atoms with Gasteiger partial charge in [-0.2, -0.15) is 0 Å². The molecule has 2 heterocycles. The second-order valence-corrected chi connectivity index (χ2v) is 7.66. The van der Waals surface area contributed by atoms with Crippen molar-refractivity contribution in [2.24, 2.45) is 0 Å². The number of rotatable bonds is 5. The van der Waals surface area contributed by atoms with Crippen LogP contribution in [-0.4, -0.2) is 36.5 Å². The summed E-state index contributed by atoms with van der Waals surface area (Å²) in [6.07, 6.45) is 1.76. The summed E-state index contributed by atoms with van der Waals surface area (Å²) < 4.78 is 5.34. The van der Waals surface area contributed by atoms with Crippen LogP contribution >= 0.6 is 0 Å². The molecule has 2 atom stereocenters. The Balaban J connectivity index is 1.41. The molecule has 0 unspecified atom stereocenters. The Kier molecular flexibility index (Phi) is 5.44. The smallest absolute Gasteiger partial charge is 0.338 e. The normalized spacial score (nSPS) is 18.1. The molecule has 1 fully saturated rings. The van der Waals surface area contributed by atoms with Crippen LogP contribution in [0.3, 0.4) is 0 Å². The highest BCUT2D eigenvalue weighted by Gasteiger charge is 2.36. The predicted octanol–water partition coefficient (Wildman–Crippen LogP) is 3.35. The van der Waals surface area contributed by atoms with E-state index in [0.717, 1.165) is 31.5 Å². The van der Waals surface area contributed by atoms with E-state index in [2.05, 4.69) is 22.5 Å². The average Bonchev–Trinajstić information content (AvgIpc) is 3.24. The van der Waals surface area contributed by atoms with Gasteiger partial charge in [-0.05, 0) is 62.1 Å². The molecule has 2 amide bonds. The molecule has 0 spiro atoms. The van der Waals surface area contributed by atoms with Gasteiger partial charge in [0.1, 0.15) is 6.04 Å². The molecule has 2 aromatic carbocycles. The summed E-state index contributed by atoms with van der Waals surface area (Å²) in [5, 5.41) is 5.63. The second kappa shape index (κ2) is 8.18. The maximum Gasteiger partial charge on any atom is 0.338 e. The number of anilines is 3. The highest BCUT2D eigenvalue weighted by molar-refractivity contribution is 6.05. The first kappa shape index (κ1) is 19.9. The van der Waals surface area contributed by atoms with Gasteiger partial charge >= 0.3 is 5.97 Å². The number of amides is 2. The predicted molar refractivity (Wildman–Crippen MR) is 115 cm³/mol. The van der Waals surface area contributed by atoms with Crippen LogP contribution in [0, 0.1) is 0 Å². The Labute approximate surface area is 175 Å². The molecule has 0 saturated carbocycles. The molecule has 1 saturated heterocycles. The fraction of sp³-hybridized carbons (Fsp3) is 0.348. The summed E-state index contributed by atoms with van der Waals surface area (Å²) in [7, 11) is 0. The zero-order valence-corrected chi connectivity index (χ0v) is 17.1. The molecule has 0 aliphatic carbocycles. The quantitative estimate of drug-likeness (QED) is 0.742. The maximum atomic E-state index is 12.6. The van der Waals surface area contributed by atoms with Crippen molar-refractivity contribution in [1.29, 1.82) is 0 Å². The molecule has 2 aromatic rings. The number of carbonyl (C=O) groups excluding carboxylic acids is 3. The topological polar surface area (TPSA) is 87.7 Å². The second-order valence-electron chi connectivity index (χ2n) is 7.66. The van der Waals surface area contributed by atoms with Crippen molar-refractivity contribution >= 4 is 34.8 Å². The van der Waals surface area contributed by atoms with Crippen molar-refractivity contribution in [2.75, 3.05) is 22.1 Å². The number of hydrogen-bond acceptors (Lipinski definition) is 5. The van der Waals surface area contributed by atoms with Crippen LogP contribution < -0.4 is 15.5 Å². The average molecular weight is 407 g/mol. The molecule has 2 N–H and O–H groups in total. The number of nitrogens with one attached hydrogen (secondary N) is 2. The van der Waals surface area contributed by atoms with Crippen LogP contribution in [0.4, 0.5) is 17.1 Å². The number of fused-ring (bicyclic) bond motifs is 3. The van der Waals surface area contributed by atoms with E-state index in [0.29, 0.717) is 16.9 Å². The molecule has 4 rings (SSSR count). The van der Waals surface area contributed by atoms with E-state index in [4.69, 9.17) is 4.74 Å². The summed E-state index contributed by atoms with van der Waals surface area (Å²) in [5.41, 5.74) is 3.62. The van der Waals surface area contributed by atoms with Crippen LogP contribution in [-0.2, 0) is 20.7 Å². The molecule has 30 heavy (non-hydrogen) atoms.